The molecule has 0 aliphatic heterocycles. The summed E-state index contributed by atoms with van der Waals surface area (Å²) in [4.78, 5) is 12.1. The van der Waals surface area contributed by atoms with Gasteiger partial charge in [-0.2, -0.15) is 0 Å². The van der Waals surface area contributed by atoms with Crippen molar-refractivity contribution in [3.05, 3.63) is 52.0 Å². The number of halogens is 2. The molecule has 0 aromatic heterocycles. The van der Waals surface area contributed by atoms with Crippen molar-refractivity contribution >= 4 is 52.1 Å². The maximum atomic E-state index is 12.1. The van der Waals surface area contributed by atoms with E-state index < -0.39 is 5.91 Å². The lowest BCUT2D eigenvalue weighted by molar-refractivity contribution is 0.0977. The quantitative estimate of drug-likeness (QED) is 0.565. The lowest BCUT2D eigenvalue weighted by atomic mass is 10.2. The highest BCUT2D eigenvalue weighted by molar-refractivity contribution is 7.80. The van der Waals surface area contributed by atoms with E-state index in [0.717, 1.165) is 0 Å². The molecule has 0 radical (unpaired) electrons. The topological polar surface area (TPSA) is 70.6 Å². The van der Waals surface area contributed by atoms with Gasteiger partial charge >= 0.3 is 0 Å². The summed E-state index contributed by atoms with van der Waals surface area (Å²) in [5, 5.41) is 15.4. The van der Waals surface area contributed by atoms with Gasteiger partial charge in [-0.15, -0.1) is 0 Å². The monoisotopic (exact) mass is 370 g/mol. The van der Waals surface area contributed by atoms with Crippen molar-refractivity contribution in [3.8, 4) is 11.5 Å². The molecule has 5 nitrogen and oxygen atoms in total. The third-order valence-corrected chi connectivity index (χ3v) is 3.57. The molecule has 0 saturated carbocycles. The predicted octanol–water partition coefficient (Wildman–Crippen LogP) is 3.83. The van der Waals surface area contributed by atoms with E-state index in [0.29, 0.717) is 16.3 Å². The molecule has 0 saturated heterocycles. The van der Waals surface area contributed by atoms with E-state index >= 15 is 0 Å². The highest BCUT2D eigenvalue weighted by atomic mass is 35.5. The molecule has 8 heteroatoms. The number of aromatic hydroxyl groups is 1. The standard InChI is InChI=1S/C15H12Cl2N2O3S/c1-22-10-4-2-8(3-5-10)14(21)19-15(23)18-12-7-9(16)6-11(17)13(12)20/h2-7,20H,1H3,(H2,18,19,21,23). The summed E-state index contributed by atoms with van der Waals surface area (Å²) in [5.74, 6) is 0.0237. The van der Waals surface area contributed by atoms with Crippen LogP contribution in [-0.2, 0) is 0 Å². The fraction of sp³-hybridized carbons (Fsp3) is 0.0667. The van der Waals surface area contributed by atoms with Crippen LogP contribution in [0.5, 0.6) is 11.5 Å². The summed E-state index contributed by atoms with van der Waals surface area (Å²) in [6, 6.07) is 9.36. The van der Waals surface area contributed by atoms with Gasteiger partial charge in [-0.3, -0.25) is 10.1 Å². The van der Waals surface area contributed by atoms with Crippen LogP contribution in [0.1, 0.15) is 10.4 Å². The number of phenols is 1. The molecule has 0 atom stereocenters. The molecule has 23 heavy (non-hydrogen) atoms. The zero-order chi connectivity index (χ0) is 17.0. The summed E-state index contributed by atoms with van der Waals surface area (Å²) < 4.78 is 5.02. The molecule has 0 aliphatic rings. The van der Waals surface area contributed by atoms with E-state index in [-0.39, 0.29) is 21.6 Å². The molecule has 0 fully saturated rings. The zero-order valence-corrected chi connectivity index (χ0v) is 14.2. The normalized spacial score (nSPS) is 10.0. The molecule has 120 valence electrons. The van der Waals surface area contributed by atoms with Gasteiger partial charge in [0.1, 0.15) is 5.75 Å². The Morgan fingerprint density at radius 1 is 1.22 bits per heavy atom. The number of thiocarbonyl (C=S) groups is 1. The molecule has 0 bridgehead atoms. The smallest absolute Gasteiger partial charge is 0.257 e. The molecule has 3 N–H and O–H groups in total. The largest absolute Gasteiger partial charge is 0.504 e. The Labute approximate surface area is 148 Å². The van der Waals surface area contributed by atoms with Crippen LogP contribution in [0.4, 0.5) is 5.69 Å². The fourth-order valence-corrected chi connectivity index (χ4v) is 2.43. The van der Waals surface area contributed by atoms with Crippen molar-refractivity contribution in [2.75, 3.05) is 12.4 Å². The second-order valence-electron chi connectivity index (χ2n) is 4.42. The van der Waals surface area contributed by atoms with Crippen molar-refractivity contribution in [1.29, 1.82) is 0 Å². The molecular formula is C15H12Cl2N2O3S. The number of nitrogens with one attached hydrogen (secondary N) is 2. The SMILES string of the molecule is COc1ccc(C(=O)NC(=S)Nc2cc(Cl)cc(Cl)c2O)cc1. The first kappa shape index (κ1) is 17.3. The second kappa shape index (κ2) is 7.50. The molecular weight excluding hydrogens is 359 g/mol. The van der Waals surface area contributed by atoms with E-state index in [4.69, 9.17) is 40.2 Å². The van der Waals surface area contributed by atoms with E-state index in [1.807, 2.05) is 0 Å². The zero-order valence-electron chi connectivity index (χ0n) is 11.9. The van der Waals surface area contributed by atoms with E-state index in [1.54, 1.807) is 24.3 Å². The number of amides is 1. The Balaban J connectivity index is 2.05. The molecule has 0 aliphatic carbocycles. The minimum absolute atomic E-state index is 0.000508. The first-order valence-electron chi connectivity index (χ1n) is 6.35. The summed E-state index contributed by atoms with van der Waals surface area (Å²) in [6.45, 7) is 0. The van der Waals surface area contributed by atoms with Crippen LogP contribution in [0.25, 0.3) is 0 Å². The lowest BCUT2D eigenvalue weighted by Gasteiger charge is -2.12. The number of hydrogen-bond acceptors (Lipinski definition) is 4. The Hall–Kier alpha value is -2.02. The van der Waals surface area contributed by atoms with Gasteiger partial charge in [0.15, 0.2) is 10.9 Å². The third kappa shape index (κ3) is 4.48. The average molecular weight is 371 g/mol. The number of methoxy groups -OCH3 is 1. The van der Waals surface area contributed by atoms with Gasteiger partial charge in [0.25, 0.3) is 5.91 Å². The van der Waals surface area contributed by atoms with Crippen LogP contribution in [0.3, 0.4) is 0 Å². The molecule has 1 amide bonds. The van der Waals surface area contributed by atoms with Gasteiger partial charge < -0.3 is 15.2 Å². The number of anilines is 1. The van der Waals surface area contributed by atoms with Gasteiger partial charge in [0.2, 0.25) is 0 Å². The molecule has 2 aromatic carbocycles. The summed E-state index contributed by atoms with van der Waals surface area (Å²) in [6.07, 6.45) is 0. The summed E-state index contributed by atoms with van der Waals surface area (Å²) in [5.41, 5.74) is 0.603. The maximum Gasteiger partial charge on any atom is 0.257 e. The number of ether oxygens (including phenoxy) is 1. The number of hydrogen-bond donors (Lipinski definition) is 3. The fourth-order valence-electron chi connectivity index (χ4n) is 1.73. The summed E-state index contributed by atoms with van der Waals surface area (Å²) >= 11 is 16.7. The minimum atomic E-state index is -0.405. The van der Waals surface area contributed by atoms with Crippen LogP contribution in [0.2, 0.25) is 10.0 Å². The van der Waals surface area contributed by atoms with Gasteiger partial charge in [-0.25, -0.2) is 0 Å². The highest BCUT2D eigenvalue weighted by Gasteiger charge is 2.12. The average Bonchev–Trinajstić information content (AvgIpc) is 2.52. The first-order chi connectivity index (χ1) is 10.9. The Bertz CT molecular complexity index is 751. The van der Waals surface area contributed by atoms with Gasteiger partial charge in [0, 0.05) is 10.6 Å². The maximum absolute atomic E-state index is 12.1. The van der Waals surface area contributed by atoms with Crippen LogP contribution >= 0.6 is 35.4 Å². The lowest BCUT2D eigenvalue weighted by Crippen LogP contribution is -2.34. The number of carbonyl (C=O) groups is 1. The number of phenolic OH excluding ortho intramolecular Hbond substituents is 1. The van der Waals surface area contributed by atoms with E-state index in [9.17, 15) is 9.90 Å². The van der Waals surface area contributed by atoms with Gasteiger partial charge in [0.05, 0.1) is 17.8 Å². The number of carbonyl (C=O) groups excluding carboxylic acids is 1. The van der Waals surface area contributed by atoms with Crippen molar-refractivity contribution in [2.45, 2.75) is 0 Å². The second-order valence-corrected chi connectivity index (χ2v) is 5.67. The predicted molar refractivity (Wildman–Crippen MR) is 94.8 cm³/mol. The Kier molecular flexibility index (Phi) is 5.65. The third-order valence-electron chi connectivity index (χ3n) is 2.86. The van der Waals surface area contributed by atoms with Gasteiger partial charge in [-0.1, -0.05) is 23.2 Å². The van der Waals surface area contributed by atoms with Crippen LogP contribution < -0.4 is 15.4 Å². The van der Waals surface area contributed by atoms with E-state index in [1.165, 1.54) is 19.2 Å². The van der Waals surface area contributed by atoms with Crippen molar-refractivity contribution in [3.63, 3.8) is 0 Å². The number of rotatable bonds is 3. The number of benzene rings is 2. The molecule has 2 rings (SSSR count). The Morgan fingerprint density at radius 3 is 2.48 bits per heavy atom. The van der Waals surface area contributed by atoms with Crippen LogP contribution in [0.15, 0.2) is 36.4 Å². The summed E-state index contributed by atoms with van der Waals surface area (Å²) in [7, 11) is 1.54. The van der Waals surface area contributed by atoms with Crippen molar-refractivity contribution in [1.82, 2.24) is 5.32 Å². The molecule has 2 aromatic rings. The van der Waals surface area contributed by atoms with Crippen molar-refractivity contribution < 1.29 is 14.6 Å². The molecule has 0 heterocycles. The highest BCUT2D eigenvalue weighted by Crippen LogP contribution is 2.34. The van der Waals surface area contributed by atoms with Crippen molar-refractivity contribution in [2.24, 2.45) is 0 Å². The molecule has 0 spiro atoms. The van der Waals surface area contributed by atoms with Gasteiger partial charge in [-0.05, 0) is 48.6 Å². The first-order valence-corrected chi connectivity index (χ1v) is 7.51. The van der Waals surface area contributed by atoms with E-state index in [2.05, 4.69) is 10.6 Å². The molecule has 0 unspecified atom stereocenters. The Morgan fingerprint density at radius 2 is 1.87 bits per heavy atom. The van der Waals surface area contributed by atoms with Crippen LogP contribution in [-0.4, -0.2) is 23.2 Å². The van der Waals surface area contributed by atoms with Crippen LogP contribution in [0, 0.1) is 0 Å². The minimum Gasteiger partial charge on any atom is -0.504 e.